The van der Waals surface area contributed by atoms with Gasteiger partial charge in [0.05, 0.1) is 19.5 Å². The van der Waals surface area contributed by atoms with E-state index in [1.165, 1.54) is 6.26 Å². The van der Waals surface area contributed by atoms with Crippen LogP contribution in [0.5, 0.6) is 0 Å². The van der Waals surface area contributed by atoms with Gasteiger partial charge in [0, 0.05) is 12.8 Å². The summed E-state index contributed by atoms with van der Waals surface area (Å²) in [7, 11) is 0. The van der Waals surface area contributed by atoms with Gasteiger partial charge in [0.1, 0.15) is 0 Å². The summed E-state index contributed by atoms with van der Waals surface area (Å²) in [4.78, 5) is 21.7. The summed E-state index contributed by atoms with van der Waals surface area (Å²) >= 11 is 0. The van der Waals surface area contributed by atoms with Gasteiger partial charge in [0.2, 0.25) is 0 Å². The molecule has 0 atom stereocenters. The Bertz CT molecular complexity index is 332. The average molecular weight is 298 g/mol. The van der Waals surface area contributed by atoms with E-state index in [9.17, 15) is 9.59 Å². The Morgan fingerprint density at radius 1 is 1.14 bits per heavy atom. The molecule has 0 amide bonds. The molecule has 0 aliphatic heterocycles. The Balaban J connectivity index is 2.02. The number of carbonyl (C=O) groups is 2. The van der Waals surface area contributed by atoms with Gasteiger partial charge in [-0.05, 0) is 50.4 Å². The third-order valence-electron chi connectivity index (χ3n) is 3.98. The van der Waals surface area contributed by atoms with Gasteiger partial charge in [-0.3, -0.25) is 9.59 Å². The van der Waals surface area contributed by atoms with Crippen LogP contribution in [0, 0.1) is 11.8 Å². The summed E-state index contributed by atoms with van der Waals surface area (Å²) in [5.41, 5.74) is 0. The van der Waals surface area contributed by atoms with E-state index in [0.29, 0.717) is 24.9 Å². The van der Waals surface area contributed by atoms with Gasteiger partial charge >= 0.3 is 11.9 Å². The Hall–Kier alpha value is -1.52. The maximum Gasteiger partial charge on any atom is 0.305 e. The quantitative estimate of drug-likeness (QED) is 0.495. The highest BCUT2D eigenvalue weighted by atomic mass is 16.5. The fourth-order valence-electron chi connectivity index (χ4n) is 2.69. The molecule has 0 spiro atoms. The van der Waals surface area contributed by atoms with Gasteiger partial charge in [0.25, 0.3) is 0 Å². The second-order valence-corrected chi connectivity index (χ2v) is 5.64. The monoisotopic (exact) mass is 298 g/mol. The highest BCUT2D eigenvalue weighted by Gasteiger charge is 2.21. The third-order valence-corrected chi connectivity index (χ3v) is 3.98. The fourth-order valence-corrected chi connectivity index (χ4v) is 2.69. The molecule has 0 bridgehead atoms. The molecule has 0 aromatic heterocycles. The maximum atomic E-state index is 11.4. The number of aliphatic carboxylic acids is 1. The molecule has 0 saturated heterocycles. The molecule has 120 valence electrons. The summed E-state index contributed by atoms with van der Waals surface area (Å²) in [5, 5.41) is 8.48. The predicted octanol–water partition coefficient (Wildman–Crippen LogP) is 3.14. The molecule has 1 saturated carbocycles. The molecule has 1 aliphatic carbocycles. The smallest absolute Gasteiger partial charge is 0.305 e. The van der Waals surface area contributed by atoms with E-state index in [2.05, 4.69) is 6.58 Å². The summed E-state index contributed by atoms with van der Waals surface area (Å²) in [6.07, 6.45) is 7.58. The minimum absolute atomic E-state index is 0.0197. The van der Waals surface area contributed by atoms with E-state index < -0.39 is 5.97 Å². The molecule has 5 nitrogen and oxygen atoms in total. The Morgan fingerprint density at radius 2 is 1.81 bits per heavy atom. The molecule has 21 heavy (non-hydrogen) atoms. The molecule has 1 fully saturated rings. The Morgan fingerprint density at radius 3 is 2.43 bits per heavy atom. The molecule has 1 aliphatic rings. The number of carboxylic acid groups (broad SMARTS) is 1. The standard InChI is InChI=1S/C16H26O5/c1-2-20-12-14-8-6-13(7-9-14)10-11-21-16(19)5-3-4-15(17)18/h2,13-14H,1,3-12H2,(H,17,18). The van der Waals surface area contributed by atoms with Crippen LogP contribution < -0.4 is 0 Å². The van der Waals surface area contributed by atoms with Crippen LogP contribution in [0.4, 0.5) is 0 Å². The minimum atomic E-state index is -0.875. The molecule has 5 heteroatoms. The van der Waals surface area contributed by atoms with Gasteiger partial charge in [-0.2, -0.15) is 0 Å². The van der Waals surface area contributed by atoms with Crippen molar-refractivity contribution < 1.29 is 24.2 Å². The van der Waals surface area contributed by atoms with Crippen LogP contribution in [0.25, 0.3) is 0 Å². The number of rotatable bonds is 10. The van der Waals surface area contributed by atoms with Crippen LogP contribution in [-0.4, -0.2) is 30.3 Å². The van der Waals surface area contributed by atoms with E-state index in [4.69, 9.17) is 14.6 Å². The summed E-state index contributed by atoms with van der Waals surface area (Å²) in [6, 6.07) is 0. The van der Waals surface area contributed by atoms with Crippen molar-refractivity contribution in [2.45, 2.75) is 51.4 Å². The first-order valence-corrected chi connectivity index (χ1v) is 7.71. The van der Waals surface area contributed by atoms with Crippen LogP contribution in [0.15, 0.2) is 12.8 Å². The van der Waals surface area contributed by atoms with Crippen molar-refractivity contribution in [1.82, 2.24) is 0 Å². The number of esters is 1. The first-order chi connectivity index (χ1) is 10.1. The van der Waals surface area contributed by atoms with Crippen LogP contribution >= 0.6 is 0 Å². The van der Waals surface area contributed by atoms with Gasteiger partial charge in [-0.15, -0.1) is 0 Å². The molecule has 1 N–H and O–H groups in total. The molecule has 0 unspecified atom stereocenters. The molecular weight excluding hydrogens is 272 g/mol. The van der Waals surface area contributed by atoms with Crippen molar-refractivity contribution in [2.24, 2.45) is 11.8 Å². The molecule has 0 aromatic carbocycles. The van der Waals surface area contributed by atoms with Crippen molar-refractivity contribution in [3.63, 3.8) is 0 Å². The second-order valence-electron chi connectivity index (χ2n) is 5.64. The second kappa shape index (κ2) is 10.2. The fraction of sp³-hybridized carbons (Fsp3) is 0.750. The lowest BCUT2D eigenvalue weighted by atomic mass is 9.81. The van der Waals surface area contributed by atoms with E-state index >= 15 is 0 Å². The number of hydrogen-bond donors (Lipinski definition) is 1. The summed E-state index contributed by atoms with van der Waals surface area (Å²) in [5.74, 6) is 0.0823. The Kier molecular flexibility index (Phi) is 8.55. The zero-order valence-corrected chi connectivity index (χ0v) is 12.6. The first kappa shape index (κ1) is 17.5. The molecule has 0 radical (unpaired) electrons. The lowest BCUT2D eigenvalue weighted by Crippen LogP contribution is -2.19. The largest absolute Gasteiger partial charge is 0.502 e. The summed E-state index contributed by atoms with van der Waals surface area (Å²) < 4.78 is 10.4. The van der Waals surface area contributed by atoms with Crippen LogP contribution in [0.3, 0.4) is 0 Å². The van der Waals surface area contributed by atoms with Gasteiger partial charge in [-0.25, -0.2) is 0 Å². The van der Waals surface area contributed by atoms with E-state index in [1.54, 1.807) is 0 Å². The van der Waals surface area contributed by atoms with Crippen molar-refractivity contribution in [1.29, 1.82) is 0 Å². The SMILES string of the molecule is C=COCC1CCC(CCOC(=O)CCCC(=O)O)CC1. The van der Waals surface area contributed by atoms with E-state index in [-0.39, 0.29) is 18.8 Å². The molecule has 1 rings (SSSR count). The first-order valence-electron chi connectivity index (χ1n) is 7.71. The van der Waals surface area contributed by atoms with Gasteiger partial charge in [-0.1, -0.05) is 6.58 Å². The predicted molar refractivity (Wildman–Crippen MR) is 78.7 cm³/mol. The number of hydrogen-bond acceptors (Lipinski definition) is 4. The normalized spacial score (nSPS) is 21.5. The number of carbonyl (C=O) groups excluding carboxylic acids is 1. The minimum Gasteiger partial charge on any atom is -0.502 e. The van der Waals surface area contributed by atoms with Crippen molar-refractivity contribution in [2.75, 3.05) is 13.2 Å². The maximum absolute atomic E-state index is 11.4. The van der Waals surface area contributed by atoms with Crippen LogP contribution in [0.1, 0.15) is 51.4 Å². The number of ether oxygens (including phenoxy) is 2. The summed E-state index contributed by atoms with van der Waals surface area (Å²) in [6.45, 7) is 4.75. The third kappa shape index (κ3) is 8.38. The molecule has 0 heterocycles. The highest BCUT2D eigenvalue weighted by Crippen LogP contribution is 2.30. The van der Waals surface area contributed by atoms with Gasteiger partial charge < -0.3 is 14.6 Å². The highest BCUT2D eigenvalue weighted by molar-refractivity contribution is 5.71. The van der Waals surface area contributed by atoms with Crippen molar-refractivity contribution in [3.05, 3.63) is 12.8 Å². The van der Waals surface area contributed by atoms with Crippen LogP contribution in [0.2, 0.25) is 0 Å². The Labute approximate surface area is 126 Å². The van der Waals surface area contributed by atoms with E-state index in [0.717, 1.165) is 38.7 Å². The van der Waals surface area contributed by atoms with E-state index in [1.807, 2.05) is 0 Å². The lowest BCUT2D eigenvalue weighted by Gasteiger charge is -2.27. The number of carboxylic acids is 1. The molecule has 0 aromatic rings. The molecular formula is C16H26O5. The topological polar surface area (TPSA) is 72.8 Å². The van der Waals surface area contributed by atoms with Crippen molar-refractivity contribution >= 4 is 11.9 Å². The zero-order valence-electron chi connectivity index (χ0n) is 12.6. The van der Waals surface area contributed by atoms with Crippen LogP contribution in [-0.2, 0) is 19.1 Å². The van der Waals surface area contributed by atoms with Gasteiger partial charge in [0.15, 0.2) is 0 Å². The lowest BCUT2D eigenvalue weighted by molar-refractivity contribution is -0.144. The average Bonchev–Trinajstić information content (AvgIpc) is 2.46. The van der Waals surface area contributed by atoms with Crippen molar-refractivity contribution in [3.8, 4) is 0 Å². The zero-order chi connectivity index (χ0) is 15.5.